The Bertz CT molecular complexity index is 1050. The lowest BCUT2D eigenvalue weighted by atomic mass is 9.84. The Kier molecular flexibility index (Phi) is 7.82. The van der Waals surface area contributed by atoms with E-state index in [9.17, 15) is 9.59 Å². The van der Waals surface area contributed by atoms with Crippen LogP contribution in [0.1, 0.15) is 42.2 Å². The molecule has 0 radical (unpaired) electrons. The predicted molar refractivity (Wildman–Crippen MR) is 138 cm³/mol. The number of hydrogen-bond donors (Lipinski definition) is 0. The molecule has 1 saturated carbocycles. The van der Waals surface area contributed by atoms with Gasteiger partial charge in [0.2, 0.25) is 5.91 Å². The van der Waals surface area contributed by atoms with Crippen LogP contribution >= 0.6 is 22.9 Å². The normalized spacial score (nSPS) is 21.0. The zero-order valence-corrected chi connectivity index (χ0v) is 21.3. The van der Waals surface area contributed by atoms with Crippen molar-refractivity contribution in [2.45, 2.75) is 31.7 Å². The molecular weight excluding hydrogens is 484 g/mol. The van der Waals surface area contributed by atoms with Crippen LogP contribution in [0.15, 0.2) is 46.9 Å². The predicted octanol–water partition coefficient (Wildman–Crippen LogP) is 4.04. The molecule has 9 heteroatoms. The quantitative estimate of drug-likeness (QED) is 0.533. The van der Waals surface area contributed by atoms with E-state index in [2.05, 4.69) is 4.90 Å². The molecule has 1 saturated heterocycles. The number of thiophene rings is 1. The van der Waals surface area contributed by atoms with Crippen LogP contribution in [0.25, 0.3) is 0 Å². The van der Waals surface area contributed by atoms with E-state index in [1.165, 1.54) is 0 Å². The lowest BCUT2D eigenvalue weighted by Crippen LogP contribution is -2.49. The zero-order valence-electron chi connectivity index (χ0n) is 19.8. The van der Waals surface area contributed by atoms with Crippen molar-refractivity contribution in [2.75, 3.05) is 45.9 Å². The van der Waals surface area contributed by atoms with E-state index in [-0.39, 0.29) is 30.3 Å². The zero-order chi connectivity index (χ0) is 24.2. The molecule has 1 atom stereocenters. The first-order chi connectivity index (χ1) is 17.1. The second-order valence-electron chi connectivity index (χ2n) is 9.38. The van der Waals surface area contributed by atoms with Gasteiger partial charge in [-0.1, -0.05) is 36.2 Å². The molecule has 0 spiro atoms. The molecule has 35 heavy (non-hydrogen) atoms. The van der Waals surface area contributed by atoms with Gasteiger partial charge >= 0.3 is 0 Å². The Balaban J connectivity index is 1.34. The molecule has 2 aliphatic heterocycles. The molecule has 1 aliphatic carbocycles. The number of carbonyl (C=O) groups is 2. The monoisotopic (exact) mass is 514 g/mol. The Morgan fingerprint density at radius 1 is 1.14 bits per heavy atom. The van der Waals surface area contributed by atoms with Gasteiger partial charge in [-0.25, -0.2) is 5.01 Å². The van der Waals surface area contributed by atoms with Crippen LogP contribution < -0.4 is 0 Å². The summed E-state index contributed by atoms with van der Waals surface area (Å²) in [6.45, 7) is 4.49. The highest BCUT2D eigenvalue weighted by Crippen LogP contribution is 2.35. The summed E-state index contributed by atoms with van der Waals surface area (Å²) in [7, 11) is 0. The van der Waals surface area contributed by atoms with Crippen molar-refractivity contribution in [3.8, 4) is 0 Å². The largest absolute Gasteiger partial charge is 0.379 e. The minimum atomic E-state index is -0.211. The van der Waals surface area contributed by atoms with E-state index in [0.29, 0.717) is 31.2 Å². The summed E-state index contributed by atoms with van der Waals surface area (Å²) < 4.78 is 5.45. The number of benzene rings is 1. The number of rotatable bonds is 8. The molecule has 3 aliphatic rings. The van der Waals surface area contributed by atoms with Crippen molar-refractivity contribution >= 4 is 40.5 Å². The van der Waals surface area contributed by atoms with Crippen molar-refractivity contribution in [3.05, 3.63) is 57.2 Å². The maximum Gasteiger partial charge on any atom is 0.262 e. The summed E-state index contributed by atoms with van der Waals surface area (Å²) in [4.78, 5) is 32.1. The molecule has 186 valence electrons. The Morgan fingerprint density at radius 2 is 1.91 bits per heavy atom. The van der Waals surface area contributed by atoms with Crippen molar-refractivity contribution < 1.29 is 14.3 Å². The van der Waals surface area contributed by atoms with Crippen LogP contribution in [0.5, 0.6) is 0 Å². The van der Waals surface area contributed by atoms with Gasteiger partial charge in [-0.05, 0) is 42.0 Å². The third kappa shape index (κ3) is 5.77. The van der Waals surface area contributed by atoms with E-state index in [1.807, 2.05) is 41.8 Å². The molecule has 2 amide bonds. The first-order valence-corrected chi connectivity index (χ1v) is 13.6. The summed E-state index contributed by atoms with van der Waals surface area (Å²) in [5, 5.41) is 9.03. The molecule has 1 aromatic heterocycles. The number of halogens is 1. The summed E-state index contributed by atoms with van der Waals surface area (Å²) >= 11 is 7.74. The number of amides is 2. The number of ether oxygens (including phenoxy) is 1. The van der Waals surface area contributed by atoms with Crippen molar-refractivity contribution in [1.82, 2.24) is 14.8 Å². The van der Waals surface area contributed by atoms with Crippen LogP contribution in [0.2, 0.25) is 5.02 Å². The summed E-state index contributed by atoms with van der Waals surface area (Å²) in [5.74, 6) is -0.00275. The molecule has 3 heterocycles. The maximum atomic E-state index is 13.7. The number of hydrazone groups is 1. The fourth-order valence-electron chi connectivity index (χ4n) is 4.78. The smallest absolute Gasteiger partial charge is 0.262 e. The SMILES string of the molecule is O=C(C1CCC1)N(CCN1CCOCC1)CC(=O)N1N=C(c2cccs2)C[C@@H]1c1ccc(Cl)cc1. The average Bonchev–Trinajstić information content (AvgIpc) is 3.52. The van der Waals surface area contributed by atoms with Crippen LogP contribution in [-0.2, 0) is 14.3 Å². The minimum Gasteiger partial charge on any atom is -0.379 e. The van der Waals surface area contributed by atoms with Gasteiger partial charge in [0, 0.05) is 43.5 Å². The standard InChI is InChI=1S/C26H31ClN4O3S/c27-21-8-6-19(7-9-21)23-17-22(24-5-2-16-35-24)28-31(23)25(32)18-30(26(33)20-3-1-4-20)11-10-29-12-14-34-15-13-29/h2,5-9,16,20,23H,1,3-4,10-15,17-18H2/t23-/m1/s1. The number of morpholine rings is 1. The van der Waals surface area contributed by atoms with Gasteiger partial charge in [-0.2, -0.15) is 5.10 Å². The van der Waals surface area contributed by atoms with E-state index in [1.54, 1.807) is 21.2 Å². The fourth-order valence-corrected chi connectivity index (χ4v) is 5.63. The highest BCUT2D eigenvalue weighted by atomic mass is 35.5. The van der Waals surface area contributed by atoms with Gasteiger partial charge < -0.3 is 9.64 Å². The lowest BCUT2D eigenvalue weighted by molar-refractivity contribution is -0.145. The fraction of sp³-hybridized carbons (Fsp3) is 0.500. The topological polar surface area (TPSA) is 65.5 Å². The second-order valence-corrected chi connectivity index (χ2v) is 10.8. The van der Waals surface area contributed by atoms with Gasteiger partial charge in [0.15, 0.2) is 0 Å². The molecule has 2 fully saturated rings. The molecule has 0 N–H and O–H groups in total. The van der Waals surface area contributed by atoms with E-state index >= 15 is 0 Å². The maximum absolute atomic E-state index is 13.7. The number of nitrogens with zero attached hydrogens (tertiary/aromatic N) is 4. The average molecular weight is 515 g/mol. The highest BCUT2D eigenvalue weighted by Gasteiger charge is 2.36. The van der Waals surface area contributed by atoms with E-state index in [0.717, 1.165) is 55.0 Å². The molecule has 1 aromatic carbocycles. The summed E-state index contributed by atoms with van der Waals surface area (Å²) in [6, 6.07) is 11.4. The Hall–Kier alpha value is -2.26. The summed E-state index contributed by atoms with van der Waals surface area (Å²) in [6.07, 6.45) is 3.55. The Labute approximate surface area is 215 Å². The summed E-state index contributed by atoms with van der Waals surface area (Å²) in [5.41, 5.74) is 1.89. The van der Waals surface area contributed by atoms with Gasteiger partial charge in [0.1, 0.15) is 6.54 Å². The van der Waals surface area contributed by atoms with E-state index < -0.39 is 0 Å². The first-order valence-electron chi connectivity index (χ1n) is 12.4. The van der Waals surface area contributed by atoms with E-state index in [4.69, 9.17) is 21.4 Å². The van der Waals surface area contributed by atoms with Crippen molar-refractivity contribution in [2.24, 2.45) is 11.0 Å². The van der Waals surface area contributed by atoms with Crippen LogP contribution in [0.3, 0.4) is 0 Å². The number of hydrogen-bond acceptors (Lipinski definition) is 6. The molecule has 7 nitrogen and oxygen atoms in total. The van der Waals surface area contributed by atoms with Crippen LogP contribution in [0.4, 0.5) is 0 Å². The minimum absolute atomic E-state index is 0.0447. The van der Waals surface area contributed by atoms with Crippen molar-refractivity contribution in [3.63, 3.8) is 0 Å². The Morgan fingerprint density at radius 3 is 2.57 bits per heavy atom. The van der Waals surface area contributed by atoms with Crippen molar-refractivity contribution in [1.29, 1.82) is 0 Å². The second kappa shape index (κ2) is 11.2. The van der Waals surface area contributed by atoms with Gasteiger partial charge in [0.25, 0.3) is 5.91 Å². The van der Waals surface area contributed by atoms with Crippen LogP contribution in [-0.4, -0.2) is 78.3 Å². The van der Waals surface area contributed by atoms with Crippen LogP contribution in [0, 0.1) is 5.92 Å². The molecule has 2 aromatic rings. The molecular formula is C26H31ClN4O3S. The lowest BCUT2D eigenvalue weighted by Gasteiger charge is -2.34. The number of carbonyl (C=O) groups excluding carboxylic acids is 2. The van der Waals surface area contributed by atoms with Gasteiger partial charge in [-0.15, -0.1) is 11.3 Å². The van der Waals surface area contributed by atoms with Gasteiger partial charge in [0.05, 0.1) is 29.8 Å². The first kappa shape index (κ1) is 24.4. The third-order valence-electron chi connectivity index (χ3n) is 7.11. The molecule has 0 bridgehead atoms. The molecule has 5 rings (SSSR count). The third-order valence-corrected chi connectivity index (χ3v) is 8.28. The molecule has 0 unspecified atom stereocenters. The highest BCUT2D eigenvalue weighted by molar-refractivity contribution is 7.12. The van der Waals surface area contributed by atoms with Gasteiger partial charge in [-0.3, -0.25) is 14.5 Å².